The first-order valence-electron chi connectivity index (χ1n) is 7.34. The average molecular weight is 329 g/mol. The van der Waals surface area contributed by atoms with Gasteiger partial charge >= 0.3 is 5.97 Å². The van der Waals surface area contributed by atoms with E-state index >= 15 is 0 Å². The van der Waals surface area contributed by atoms with Crippen molar-refractivity contribution >= 4 is 28.6 Å². The van der Waals surface area contributed by atoms with Crippen LogP contribution in [0.5, 0.6) is 0 Å². The van der Waals surface area contributed by atoms with E-state index < -0.39 is 5.41 Å². The summed E-state index contributed by atoms with van der Waals surface area (Å²) in [6, 6.07) is 14.9. The number of esters is 1. The van der Waals surface area contributed by atoms with Gasteiger partial charge in [-0.05, 0) is 43.7 Å². The highest BCUT2D eigenvalue weighted by molar-refractivity contribution is 6.30. The minimum Gasteiger partial charge on any atom is -0.457 e. The quantitative estimate of drug-likeness (QED) is 0.729. The van der Waals surface area contributed by atoms with Crippen LogP contribution in [0.1, 0.15) is 25.2 Å². The van der Waals surface area contributed by atoms with Crippen LogP contribution in [-0.2, 0) is 21.6 Å². The average Bonchev–Trinajstić information content (AvgIpc) is 2.95. The number of carbonyl (C=O) groups excluding carboxylic acids is 1. The number of aromatic nitrogens is 2. The Balaban J connectivity index is 1.71. The number of nitrogens with zero attached hydrogens (tertiary/aromatic N) is 1. The van der Waals surface area contributed by atoms with E-state index in [0.717, 1.165) is 16.6 Å². The van der Waals surface area contributed by atoms with Gasteiger partial charge in [-0.25, -0.2) is 4.98 Å². The fraction of sp³-hybridized carbons (Fsp3) is 0.222. The lowest BCUT2D eigenvalue weighted by atomic mass is 9.85. The van der Waals surface area contributed by atoms with Gasteiger partial charge in [-0.15, -0.1) is 0 Å². The summed E-state index contributed by atoms with van der Waals surface area (Å²) in [5.74, 6) is 0.326. The molecule has 0 bridgehead atoms. The Hall–Kier alpha value is -2.33. The lowest BCUT2D eigenvalue weighted by molar-refractivity contribution is -0.151. The van der Waals surface area contributed by atoms with Crippen LogP contribution in [0.3, 0.4) is 0 Å². The van der Waals surface area contributed by atoms with E-state index in [2.05, 4.69) is 9.97 Å². The molecule has 3 rings (SSSR count). The summed E-state index contributed by atoms with van der Waals surface area (Å²) in [6.45, 7) is 3.78. The topological polar surface area (TPSA) is 55.0 Å². The van der Waals surface area contributed by atoms with Crippen LogP contribution in [0.4, 0.5) is 0 Å². The van der Waals surface area contributed by atoms with E-state index in [4.69, 9.17) is 16.3 Å². The lowest BCUT2D eigenvalue weighted by Gasteiger charge is -2.22. The first kappa shape index (κ1) is 15.6. The van der Waals surface area contributed by atoms with Gasteiger partial charge in [0.05, 0.1) is 16.4 Å². The molecule has 0 unspecified atom stereocenters. The molecule has 0 spiro atoms. The Morgan fingerprint density at radius 3 is 2.57 bits per heavy atom. The molecule has 1 N–H and O–H groups in total. The van der Waals surface area contributed by atoms with Crippen molar-refractivity contribution in [2.24, 2.45) is 0 Å². The third-order valence-corrected chi connectivity index (χ3v) is 4.11. The largest absolute Gasteiger partial charge is 0.457 e. The van der Waals surface area contributed by atoms with Crippen LogP contribution >= 0.6 is 11.6 Å². The van der Waals surface area contributed by atoms with E-state index in [0.29, 0.717) is 10.8 Å². The second-order valence-corrected chi connectivity index (χ2v) is 6.35. The molecule has 2 aromatic carbocycles. The second kappa shape index (κ2) is 6.05. The van der Waals surface area contributed by atoms with Gasteiger partial charge in [0.2, 0.25) is 0 Å². The SMILES string of the molecule is CC(C)(C(=O)OCc1nc2ccccc2[nH]1)c1ccc(Cl)cc1. The Morgan fingerprint density at radius 2 is 1.87 bits per heavy atom. The zero-order valence-corrected chi connectivity index (χ0v) is 13.7. The molecule has 23 heavy (non-hydrogen) atoms. The van der Waals surface area contributed by atoms with Gasteiger partial charge in [0.25, 0.3) is 0 Å². The van der Waals surface area contributed by atoms with Crippen LogP contribution in [0.15, 0.2) is 48.5 Å². The Kier molecular flexibility index (Phi) is 4.09. The Bertz CT molecular complexity index is 805. The maximum atomic E-state index is 12.4. The van der Waals surface area contributed by atoms with E-state index in [-0.39, 0.29) is 12.6 Å². The van der Waals surface area contributed by atoms with Crippen LogP contribution in [0, 0.1) is 0 Å². The molecule has 0 fully saturated rings. The molecular formula is C18H17ClN2O2. The maximum absolute atomic E-state index is 12.4. The molecule has 3 aromatic rings. The minimum absolute atomic E-state index is 0.116. The number of halogens is 1. The zero-order valence-electron chi connectivity index (χ0n) is 13.0. The summed E-state index contributed by atoms with van der Waals surface area (Å²) in [5.41, 5.74) is 1.89. The maximum Gasteiger partial charge on any atom is 0.316 e. The third-order valence-electron chi connectivity index (χ3n) is 3.85. The number of aromatic amines is 1. The molecule has 118 valence electrons. The molecule has 0 aliphatic rings. The summed E-state index contributed by atoms with van der Waals surface area (Å²) < 4.78 is 5.44. The van der Waals surface area contributed by atoms with Gasteiger partial charge in [-0.1, -0.05) is 35.9 Å². The number of fused-ring (bicyclic) bond motifs is 1. The molecule has 0 amide bonds. The number of benzene rings is 2. The summed E-state index contributed by atoms with van der Waals surface area (Å²) in [6.07, 6.45) is 0. The minimum atomic E-state index is -0.753. The fourth-order valence-corrected chi connectivity index (χ4v) is 2.50. The van der Waals surface area contributed by atoms with Crippen molar-refractivity contribution in [2.45, 2.75) is 25.9 Å². The van der Waals surface area contributed by atoms with Gasteiger partial charge in [-0.2, -0.15) is 0 Å². The Labute approximate surface area is 139 Å². The van der Waals surface area contributed by atoms with Crippen LogP contribution in [-0.4, -0.2) is 15.9 Å². The molecule has 0 saturated heterocycles. The number of nitrogens with one attached hydrogen (secondary N) is 1. The Morgan fingerprint density at radius 1 is 1.17 bits per heavy atom. The molecule has 1 aromatic heterocycles. The number of H-pyrrole nitrogens is 1. The molecule has 0 aliphatic carbocycles. The monoisotopic (exact) mass is 328 g/mol. The summed E-state index contributed by atoms with van der Waals surface area (Å²) >= 11 is 5.89. The fourth-order valence-electron chi connectivity index (χ4n) is 2.37. The molecule has 1 heterocycles. The van der Waals surface area contributed by atoms with Gasteiger partial charge in [-0.3, -0.25) is 4.79 Å². The van der Waals surface area contributed by atoms with E-state index in [1.54, 1.807) is 12.1 Å². The first-order valence-corrected chi connectivity index (χ1v) is 7.71. The number of carbonyl (C=O) groups is 1. The van der Waals surface area contributed by atoms with Gasteiger partial charge in [0.15, 0.2) is 0 Å². The van der Waals surface area contributed by atoms with Crippen molar-refractivity contribution in [1.82, 2.24) is 9.97 Å². The zero-order chi connectivity index (χ0) is 16.4. The smallest absolute Gasteiger partial charge is 0.316 e. The van der Waals surface area contributed by atoms with Crippen molar-refractivity contribution in [3.63, 3.8) is 0 Å². The number of para-hydroxylation sites is 2. The molecule has 5 heteroatoms. The third kappa shape index (κ3) is 3.22. The molecule has 4 nitrogen and oxygen atoms in total. The number of ether oxygens (including phenoxy) is 1. The van der Waals surface area contributed by atoms with Crippen molar-refractivity contribution in [3.05, 3.63) is 64.9 Å². The van der Waals surface area contributed by atoms with Gasteiger partial charge in [0, 0.05) is 5.02 Å². The molecule has 0 saturated carbocycles. The molecular weight excluding hydrogens is 312 g/mol. The number of rotatable bonds is 4. The lowest BCUT2D eigenvalue weighted by Crippen LogP contribution is -2.31. The summed E-state index contributed by atoms with van der Waals surface area (Å²) in [7, 11) is 0. The normalized spacial score (nSPS) is 11.6. The van der Waals surface area contributed by atoms with Crippen molar-refractivity contribution in [2.75, 3.05) is 0 Å². The summed E-state index contributed by atoms with van der Waals surface area (Å²) in [4.78, 5) is 20.0. The van der Waals surface area contributed by atoms with E-state index in [1.165, 1.54) is 0 Å². The number of hydrogen-bond acceptors (Lipinski definition) is 3. The standard InChI is InChI=1S/C18H17ClN2O2/c1-18(2,12-7-9-13(19)10-8-12)17(22)23-11-16-20-14-5-3-4-6-15(14)21-16/h3-10H,11H2,1-2H3,(H,20,21). The number of imidazole rings is 1. The van der Waals surface area contributed by atoms with Crippen molar-refractivity contribution in [3.8, 4) is 0 Å². The molecule has 0 aliphatic heterocycles. The predicted molar refractivity (Wildman–Crippen MR) is 90.4 cm³/mol. The molecule has 0 atom stereocenters. The highest BCUT2D eigenvalue weighted by atomic mass is 35.5. The van der Waals surface area contributed by atoms with Crippen molar-refractivity contribution < 1.29 is 9.53 Å². The van der Waals surface area contributed by atoms with Crippen LogP contribution < -0.4 is 0 Å². The van der Waals surface area contributed by atoms with E-state index in [9.17, 15) is 4.79 Å². The second-order valence-electron chi connectivity index (χ2n) is 5.91. The number of hydrogen-bond donors (Lipinski definition) is 1. The van der Waals surface area contributed by atoms with E-state index in [1.807, 2.05) is 50.2 Å². The van der Waals surface area contributed by atoms with Crippen molar-refractivity contribution in [1.29, 1.82) is 0 Å². The highest BCUT2D eigenvalue weighted by Gasteiger charge is 2.31. The molecule has 0 radical (unpaired) electrons. The van der Waals surface area contributed by atoms with Gasteiger partial charge < -0.3 is 9.72 Å². The first-order chi connectivity index (χ1) is 11.0. The van der Waals surface area contributed by atoms with Crippen LogP contribution in [0.2, 0.25) is 5.02 Å². The predicted octanol–water partition coefficient (Wildman–Crippen LogP) is 4.24. The van der Waals surface area contributed by atoms with Crippen LogP contribution in [0.25, 0.3) is 11.0 Å². The summed E-state index contributed by atoms with van der Waals surface area (Å²) in [5, 5.41) is 0.639. The highest BCUT2D eigenvalue weighted by Crippen LogP contribution is 2.26. The van der Waals surface area contributed by atoms with Gasteiger partial charge in [0.1, 0.15) is 12.4 Å².